The van der Waals surface area contributed by atoms with E-state index in [0.29, 0.717) is 6.42 Å². The number of nitriles is 1. The van der Waals surface area contributed by atoms with Gasteiger partial charge in [-0.05, 0) is 37.5 Å². The summed E-state index contributed by atoms with van der Waals surface area (Å²) in [7, 11) is 2.03. The fourth-order valence-corrected chi connectivity index (χ4v) is 1.89. The molecule has 0 spiro atoms. The molecule has 0 unspecified atom stereocenters. The Morgan fingerprint density at radius 1 is 1.44 bits per heavy atom. The molecule has 0 aliphatic heterocycles. The number of aryl methyl sites for hydroxylation is 3. The summed E-state index contributed by atoms with van der Waals surface area (Å²) in [5.74, 6) is 1.03. The van der Waals surface area contributed by atoms with Crippen LogP contribution < -0.4 is 0 Å². The fourth-order valence-electron chi connectivity index (χ4n) is 1.89. The molecule has 0 bridgehead atoms. The summed E-state index contributed by atoms with van der Waals surface area (Å²) >= 11 is 0. The second-order valence-electron chi connectivity index (χ2n) is 4.05. The molecule has 2 rings (SSSR count). The van der Waals surface area contributed by atoms with Crippen LogP contribution in [0.15, 0.2) is 18.2 Å². The Hall–Kier alpha value is -1.82. The summed E-state index contributed by atoms with van der Waals surface area (Å²) in [5, 5.41) is 8.49. The molecule has 2 aromatic rings. The van der Waals surface area contributed by atoms with Crippen LogP contribution in [-0.4, -0.2) is 9.55 Å². The summed E-state index contributed by atoms with van der Waals surface area (Å²) in [6.45, 7) is 2.01. The highest BCUT2D eigenvalue weighted by molar-refractivity contribution is 5.76. The van der Waals surface area contributed by atoms with E-state index in [2.05, 4.69) is 33.8 Å². The number of imidazole rings is 1. The van der Waals surface area contributed by atoms with Crippen molar-refractivity contribution in [3.05, 3.63) is 29.6 Å². The zero-order valence-electron chi connectivity index (χ0n) is 9.70. The van der Waals surface area contributed by atoms with Crippen molar-refractivity contribution in [2.45, 2.75) is 26.2 Å². The van der Waals surface area contributed by atoms with Gasteiger partial charge in [-0.15, -0.1) is 0 Å². The van der Waals surface area contributed by atoms with Gasteiger partial charge in [0.1, 0.15) is 5.82 Å². The highest BCUT2D eigenvalue weighted by Crippen LogP contribution is 2.17. The minimum atomic E-state index is 0.624. The van der Waals surface area contributed by atoms with Crippen LogP contribution in [0.4, 0.5) is 0 Å². The lowest BCUT2D eigenvalue weighted by Gasteiger charge is -2.00. The molecule has 1 aromatic carbocycles. The predicted octanol–water partition coefficient (Wildman–Crippen LogP) is 2.73. The molecule has 0 aliphatic carbocycles. The Bertz CT molecular complexity index is 546. The molecule has 0 aliphatic rings. The summed E-state index contributed by atoms with van der Waals surface area (Å²) in [5.41, 5.74) is 3.48. The number of nitrogens with zero attached hydrogens (tertiary/aromatic N) is 3. The zero-order valence-corrected chi connectivity index (χ0v) is 9.70. The van der Waals surface area contributed by atoms with E-state index in [1.54, 1.807) is 0 Å². The third kappa shape index (κ3) is 1.92. The largest absolute Gasteiger partial charge is 0.331 e. The Morgan fingerprint density at radius 3 is 3.00 bits per heavy atom. The number of benzene rings is 1. The van der Waals surface area contributed by atoms with Gasteiger partial charge < -0.3 is 4.57 Å². The van der Waals surface area contributed by atoms with Gasteiger partial charge in [0.25, 0.3) is 0 Å². The average Bonchev–Trinajstić information content (AvgIpc) is 2.55. The molecule has 1 heterocycles. The molecular formula is C13H15N3. The lowest BCUT2D eigenvalue weighted by molar-refractivity contribution is 0.851. The number of fused-ring (bicyclic) bond motifs is 1. The Balaban J connectivity index is 2.27. The monoisotopic (exact) mass is 213 g/mol. The van der Waals surface area contributed by atoms with Crippen molar-refractivity contribution in [3.8, 4) is 6.07 Å². The number of hydrogen-bond acceptors (Lipinski definition) is 2. The molecule has 82 valence electrons. The van der Waals surface area contributed by atoms with Crippen molar-refractivity contribution in [2.75, 3.05) is 0 Å². The van der Waals surface area contributed by atoms with Gasteiger partial charge in [0.2, 0.25) is 0 Å². The SMILES string of the molecule is Cc1nc2cc(CCCC#N)ccc2n1C. The topological polar surface area (TPSA) is 41.6 Å². The van der Waals surface area contributed by atoms with Crippen LogP contribution in [0.5, 0.6) is 0 Å². The van der Waals surface area contributed by atoms with Gasteiger partial charge in [-0.25, -0.2) is 4.98 Å². The van der Waals surface area contributed by atoms with Crippen LogP contribution in [0, 0.1) is 18.3 Å². The molecule has 0 fully saturated rings. The fraction of sp³-hybridized carbons (Fsp3) is 0.385. The third-order valence-corrected chi connectivity index (χ3v) is 2.92. The van der Waals surface area contributed by atoms with Crippen LogP contribution >= 0.6 is 0 Å². The summed E-state index contributed by atoms with van der Waals surface area (Å²) < 4.78 is 2.09. The van der Waals surface area contributed by atoms with E-state index in [1.165, 1.54) is 11.1 Å². The second-order valence-corrected chi connectivity index (χ2v) is 4.05. The van der Waals surface area contributed by atoms with Crippen molar-refractivity contribution < 1.29 is 0 Å². The van der Waals surface area contributed by atoms with Gasteiger partial charge >= 0.3 is 0 Å². The van der Waals surface area contributed by atoms with Gasteiger partial charge in [0, 0.05) is 13.5 Å². The minimum absolute atomic E-state index is 0.624. The number of rotatable bonds is 3. The summed E-state index contributed by atoms with van der Waals surface area (Å²) in [6, 6.07) is 8.53. The van der Waals surface area contributed by atoms with Gasteiger partial charge in [-0.2, -0.15) is 5.26 Å². The highest BCUT2D eigenvalue weighted by atomic mass is 15.0. The van der Waals surface area contributed by atoms with Crippen molar-refractivity contribution in [1.82, 2.24) is 9.55 Å². The maximum Gasteiger partial charge on any atom is 0.106 e. The van der Waals surface area contributed by atoms with Gasteiger partial charge in [0.05, 0.1) is 17.1 Å². The second kappa shape index (κ2) is 4.36. The van der Waals surface area contributed by atoms with Crippen LogP contribution in [0.25, 0.3) is 11.0 Å². The molecule has 3 heteroatoms. The Morgan fingerprint density at radius 2 is 2.25 bits per heavy atom. The van der Waals surface area contributed by atoms with Crippen molar-refractivity contribution in [2.24, 2.45) is 7.05 Å². The molecule has 3 nitrogen and oxygen atoms in total. The van der Waals surface area contributed by atoms with Gasteiger partial charge in [-0.1, -0.05) is 6.07 Å². The maximum atomic E-state index is 8.49. The van der Waals surface area contributed by atoms with Crippen molar-refractivity contribution in [1.29, 1.82) is 5.26 Å². The minimum Gasteiger partial charge on any atom is -0.331 e. The Labute approximate surface area is 95.3 Å². The van der Waals surface area contributed by atoms with Gasteiger partial charge in [0.15, 0.2) is 0 Å². The smallest absolute Gasteiger partial charge is 0.106 e. The normalized spacial score (nSPS) is 10.6. The van der Waals surface area contributed by atoms with Crippen molar-refractivity contribution in [3.63, 3.8) is 0 Å². The van der Waals surface area contributed by atoms with Crippen LogP contribution in [0.3, 0.4) is 0 Å². The standard InChI is InChI=1S/C13H15N3/c1-10-15-12-9-11(5-3-4-8-14)6-7-13(12)16(10)2/h6-7,9H,3-5H2,1-2H3. The first-order chi connectivity index (χ1) is 7.72. The van der Waals surface area contributed by atoms with E-state index in [-0.39, 0.29) is 0 Å². The third-order valence-electron chi connectivity index (χ3n) is 2.92. The van der Waals surface area contributed by atoms with E-state index < -0.39 is 0 Å². The maximum absolute atomic E-state index is 8.49. The lowest BCUT2D eigenvalue weighted by atomic mass is 10.1. The summed E-state index contributed by atoms with van der Waals surface area (Å²) in [4.78, 5) is 4.50. The molecule has 16 heavy (non-hydrogen) atoms. The highest BCUT2D eigenvalue weighted by Gasteiger charge is 2.04. The first-order valence-corrected chi connectivity index (χ1v) is 5.51. The molecular weight excluding hydrogens is 198 g/mol. The lowest BCUT2D eigenvalue weighted by Crippen LogP contribution is -1.90. The number of hydrogen-bond donors (Lipinski definition) is 0. The molecule has 0 N–H and O–H groups in total. The number of unbranched alkanes of at least 4 members (excludes halogenated alkanes) is 1. The van der Waals surface area contributed by atoms with Gasteiger partial charge in [-0.3, -0.25) is 0 Å². The van der Waals surface area contributed by atoms with E-state index >= 15 is 0 Å². The molecule has 0 atom stereocenters. The predicted molar refractivity (Wildman–Crippen MR) is 64.0 cm³/mol. The first kappa shape index (κ1) is 10.7. The van der Waals surface area contributed by atoms with E-state index in [9.17, 15) is 0 Å². The first-order valence-electron chi connectivity index (χ1n) is 5.51. The van der Waals surface area contributed by atoms with Crippen molar-refractivity contribution >= 4 is 11.0 Å². The van der Waals surface area contributed by atoms with Crippen LogP contribution in [-0.2, 0) is 13.5 Å². The Kier molecular flexibility index (Phi) is 2.91. The molecule has 0 radical (unpaired) electrons. The number of aromatic nitrogens is 2. The molecule has 0 amide bonds. The molecule has 1 aromatic heterocycles. The quantitative estimate of drug-likeness (QED) is 0.735. The summed E-state index contributed by atoms with van der Waals surface area (Å²) in [6.07, 6.45) is 2.51. The molecule has 0 saturated heterocycles. The van der Waals surface area contributed by atoms with Crippen LogP contribution in [0.2, 0.25) is 0 Å². The van der Waals surface area contributed by atoms with E-state index in [0.717, 1.165) is 24.2 Å². The molecule has 0 saturated carbocycles. The van der Waals surface area contributed by atoms with E-state index in [4.69, 9.17) is 5.26 Å². The average molecular weight is 213 g/mol. The van der Waals surface area contributed by atoms with E-state index in [1.807, 2.05) is 14.0 Å². The zero-order chi connectivity index (χ0) is 11.5. The van der Waals surface area contributed by atoms with Crippen LogP contribution in [0.1, 0.15) is 24.2 Å².